The molecule has 8 nitrogen and oxygen atoms in total. The molecule has 0 bridgehead atoms. The second-order valence-corrected chi connectivity index (χ2v) is 6.13. The van der Waals surface area contributed by atoms with E-state index in [1.807, 2.05) is 0 Å². The van der Waals surface area contributed by atoms with Crippen LogP contribution in [0.3, 0.4) is 0 Å². The Morgan fingerprint density at radius 3 is 2.05 bits per heavy atom. The Bertz CT molecular complexity index is 380. The van der Waals surface area contributed by atoms with Crippen LogP contribution in [-0.4, -0.2) is 64.3 Å². The molecule has 4 atom stereocenters. The predicted molar refractivity (Wildman–Crippen MR) is 64.4 cm³/mol. The molecule has 3 heterocycles. The SMILES string of the molecule is CC1(C)OCC([C@H]2O[C@@H]3OC(C)(C)O[C@@H]3C2(O)O)O1.O. The lowest BCUT2D eigenvalue weighted by atomic mass is 10.0. The van der Waals surface area contributed by atoms with Crippen LogP contribution in [0.2, 0.25) is 0 Å². The largest absolute Gasteiger partial charge is 0.412 e. The molecule has 118 valence electrons. The molecule has 4 N–H and O–H groups in total. The first kappa shape index (κ1) is 16.1. The molecule has 3 aliphatic heterocycles. The Morgan fingerprint density at radius 1 is 0.900 bits per heavy atom. The Morgan fingerprint density at radius 2 is 1.55 bits per heavy atom. The van der Waals surface area contributed by atoms with Gasteiger partial charge in [0, 0.05) is 0 Å². The van der Waals surface area contributed by atoms with Crippen molar-refractivity contribution in [2.45, 2.75) is 69.7 Å². The van der Waals surface area contributed by atoms with Crippen molar-refractivity contribution in [3.63, 3.8) is 0 Å². The van der Waals surface area contributed by atoms with Gasteiger partial charge in [0.25, 0.3) is 0 Å². The molecule has 20 heavy (non-hydrogen) atoms. The fourth-order valence-corrected chi connectivity index (χ4v) is 2.75. The minimum Gasteiger partial charge on any atom is -0.412 e. The van der Waals surface area contributed by atoms with Gasteiger partial charge in [-0.1, -0.05) is 0 Å². The van der Waals surface area contributed by atoms with Crippen LogP contribution in [-0.2, 0) is 23.7 Å². The average Bonchev–Trinajstić information content (AvgIpc) is 2.80. The Kier molecular flexibility index (Phi) is 3.68. The summed E-state index contributed by atoms with van der Waals surface area (Å²) in [6.07, 6.45) is -3.33. The third-order valence-corrected chi connectivity index (χ3v) is 3.54. The topological polar surface area (TPSA) is 118 Å². The molecule has 0 aromatic rings. The number of ether oxygens (including phenoxy) is 5. The molecule has 0 saturated carbocycles. The zero-order chi connectivity index (χ0) is 14.1. The third kappa shape index (κ3) is 2.46. The molecule has 1 unspecified atom stereocenters. The fraction of sp³-hybridized carbons (Fsp3) is 1.00. The predicted octanol–water partition coefficient (Wildman–Crippen LogP) is -1.13. The van der Waals surface area contributed by atoms with Gasteiger partial charge in [-0.05, 0) is 27.7 Å². The van der Waals surface area contributed by atoms with Gasteiger partial charge >= 0.3 is 0 Å². The van der Waals surface area contributed by atoms with Gasteiger partial charge in [0.05, 0.1) is 6.61 Å². The number of aliphatic hydroxyl groups is 2. The van der Waals surface area contributed by atoms with Crippen LogP contribution in [0.25, 0.3) is 0 Å². The van der Waals surface area contributed by atoms with Crippen molar-refractivity contribution in [2.24, 2.45) is 0 Å². The summed E-state index contributed by atoms with van der Waals surface area (Å²) in [6, 6.07) is 0. The molecule has 0 aliphatic carbocycles. The maximum atomic E-state index is 10.3. The van der Waals surface area contributed by atoms with Gasteiger partial charge in [0.1, 0.15) is 12.2 Å². The van der Waals surface area contributed by atoms with Crippen molar-refractivity contribution in [1.29, 1.82) is 0 Å². The lowest BCUT2D eigenvalue weighted by Gasteiger charge is -2.31. The fourth-order valence-electron chi connectivity index (χ4n) is 2.75. The van der Waals surface area contributed by atoms with E-state index in [0.717, 1.165) is 0 Å². The van der Waals surface area contributed by atoms with Crippen molar-refractivity contribution in [1.82, 2.24) is 0 Å². The molecule has 3 fully saturated rings. The van der Waals surface area contributed by atoms with Crippen LogP contribution in [0, 0.1) is 0 Å². The molecule has 3 aliphatic rings. The minimum atomic E-state index is -2.17. The van der Waals surface area contributed by atoms with E-state index in [2.05, 4.69) is 0 Å². The Balaban J connectivity index is 0.00000147. The number of hydrogen-bond donors (Lipinski definition) is 2. The normalized spacial score (nSPS) is 44.1. The van der Waals surface area contributed by atoms with Crippen LogP contribution in [0.4, 0.5) is 0 Å². The van der Waals surface area contributed by atoms with Crippen molar-refractivity contribution in [3.8, 4) is 0 Å². The number of hydrogen-bond acceptors (Lipinski definition) is 7. The molecule has 0 aromatic carbocycles. The first-order chi connectivity index (χ1) is 8.61. The molecule has 0 radical (unpaired) electrons. The first-order valence-corrected chi connectivity index (χ1v) is 6.38. The summed E-state index contributed by atoms with van der Waals surface area (Å²) in [6.45, 7) is 7.13. The summed E-state index contributed by atoms with van der Waals surface area (Å²) < 4.78 is 27.6. The molecule has 0 spiro atoms. The quantitative estimate of drug-likeness (QED) is 0.587. The molecule has 8 heteroatoms. The first-order valence-electron chi connectivity index (χ1n) is 6.38. The average molecular weight is 294 g/mol. The summed E-state index contributed by atoms with van der Waals surface area (Å²) in [5, 5.41) is 20.6. The summed E-state index contributed by atoms with van der Waals surface area (Å²) in [5.74, 6) is -3.83. The standard InChI is InChI=1S/C12H20O7.H2O/c1-10(2)15-5-6(17-10)7-12(13,14)8-9(16-7)19-11(3,4)18-8;/h6-9,13-14H,5H2,1-4H3;1H2/t6?,7-,8+,9-;/m1./s1. The van der Waals surface area contributed by atoms with E-state index in [1.54, 1.807) is 27.7 Å². The van der Waals surface area contributed by atoms with E-state index >= 15 is 0 Å². The summed E-state index contributed by atoms with van der Waals surface area (Å²) in [5.41, 5.74) is 0. The van der Waals surface area contributed by atoms with Gasteiger partial charge in [-0.25, -0.2) is 0 Å². The maximum absolute atomic E-state index is 10.3. The van der Waals surface area contributed by atoms with Crippen LogP contribution in [0.5, 0.6) is 0 Å². The highest BCUT2D eigenvalue weighted by Gasteiger charge is 2.65. The second-order valence-electron chi connectivity index (χ2n) is 6.13. The zero-order valence-corrected chi connectivity index (χ0v) is 12.0. The molecule has 3 rings (SSSR count). The van der Waals surface area contributed by atoms with Crippen LogP contribution in [0.15, 0.2) is 0 Å². The molecule has 3 saturated heterocycles. The van der Waals surface area contributed by atoms with Gasteiger partial charge in [0.2, 0.25) is 5.79 Å². The number of rotatable bonds is 1. The Labute approximate surface area is 116 Å². The van der Waals surface area contributed by atoms with Gasteiger partial charge < -0.3 is 39.4 Å². The summed E-state index contributed by atoms with van der Waals surface area (Å²) in [7, 11) is 0. The van der Waals surface area contributed by atoms with Crippen LogP contribution < -0.4 is 0 Å². The van der Waals surface area contributed by atoms with Crippen molar-refractivity contribution in [3.05, 3.63) is 0 Å². The highest BCUT2D eigenvalue weighted by Crippen LogP contribution is 2.44. The van der Waals surface area contributed by atoms with E-state index in [-0.39, 0.29) is 12.1 Å². The third-order valence-electron chi connectivity index (χ3n) is 3.54. The molecular formula is C12H22O8. The van der Waals surface area contributed by atoms with Gasteiger partial charge in [-0.3, -0.25) is 0 Å². The van der Waals surface area contributed by atoms with Crippen LogP contribution in [0.1, 0.15) is 27.7 Å². The zero-order valence-electron chi connectivity index (χ0n) is 12.0. The molecule has 0 amide bonds. The van der Waals surface area contributed by atoms with Gasteiger partial charge in [0.15, 0.2) is 24.0 Å². The lowest BCUT2D eigenvalue weighted by Crippen LogP contribution is -2.54. The van der Waals surface area contributed by atoms with E-state index in [9.17, 15) is 10.2 Å². The van der Waals surface area contributed by atoms with Gasteiger partial charge in [-0.15, -0.1) is 0 Å². The lowest BCUT2D eigenvalue weighted by molar-refractivity contribution is -0.297. The van der Waals surface area contributed by atoms with E-state index in [1.165, 1.54) is 0 Å². The van der Waals surface area contributed by atoms with Crippen molar-refractivity contribution in [2.75, 3.05) is 6.61 Å². The monoisotopic (exact) mass is 294 g/mol. The van der Waals surface area contributed by atoms with Crippen LogP contribution >= 0.6 is 0 Å². The van der Waals surface area contributed by atoms with E-state index < -0.39 is 42.0 Å². The smallest absolute Gasteiger partial charge is 0.225 e. The van der Waals surface area contributed by atoms with Crippen molar-refractivity contribution >= 4 is 0 Å². The summed E-state index contributed by atoms with van der Waals surface area (Å²) in [4.78, 5) is 0. The maximum Gasteiger partial charge on any atom is 0.225 e. The van der Waals surface area contributed by atoms with Gasteiger partial charge in [-0.2, -0.15) is 0 Å². The second kappa shape index (κ2) is 4.59. The number of fused-ring (bicyclic) bond motifs is 1. The Hall–Kier alpha value is -0.320. The summed E-state index contributed by atoms with van der Waals surface area (Å²) >= 11 is 0. The van der Waals surface area contributed by atoms with E-state index in [0.29, 0.717) is 0 Å². The van der Waals surface area contributed by atoms with Crippen molar-refractivity contribution < 1.29 is 39.4 Å². The molecule has 0 aromatic heterocycles. The molecular weight excluding hydrogens is 272 g/mol. The highest BCUT2D eigenvalue weighted by molar-refractivity contribution is 5.02. The van der Waals surface area contributed by atoms with E-state index in [4.69, 9.17) is 23.7 Å². The highest BCUT2D eigenvalue weighted by atomic mass is 16.9. The minimum absolute atomic E-state index is 0.